The van der Waals surface area contributed by atoms with E-state index in [-0.39, 0.29) is 36.1 Å². The lowest BCUT2D eigenvalue weighted by molar-refractivity contribution is -0.121. The maximum Gasteiger partial charge on any atom is 0.277 e. The van der Waals surface area contributed by atoms with Gasteiger partial charge in [-0.1, -0.05) is 0 Å². The molecule has 2 atom stereocenters. The summed E-state index contributed by atoms with van der Waals surface area (Å²) in [5.41, 5.74) is 0.276. The molecule has 0 saturated carbocycles. The average molecular weight is 334 g/mol. The summed E-state index contributed by atoms with van der Waals surface area (Å²) < 4.78 is 11.3. The van der Waals surface area contributed by atoms with Crippen molar-refractivity contribution in [2.75, 3.05) is 25.0 Å². The van der Waals surface area contributed by atoms with Crippen LogP contribution < -0.4 is 10.9 Å². The van der Waals surface area contributed by atoms with Gasteiger partial charge in [0.1, 0.15) is 11.1 Å². The number of rotatable bonds is 3. The highest BCUT2D eigenvalue weighted by Gasteiger charge is 2.25. The van der Waals surface area contributed by atoms with Gasteiger partial charge in [-0.3, -0.25) is 19.8 Å². The van der Waals surface area contributed by atoms with Gasteiger partial charge in [0.15, 0.2) is 0 Å². The SMILES string of the molecule is Cc1n[nH]c(=O)c2c(NC(=O)CN3CC(C)OC(C)C3)oc(C)c12. The van der Waals surface area contributed by atoms with E-state index in [1.807, 2.05) is 18.7 Å². The quantitative estimate of drug-likeness (QED) is 0.874. The van der Waals surface area contributed by atoms with Gasteiger partial charge in [0.2, 0.25) is 11.8 Å². The Bertz CT molecular complexity index is 815. The molecule has 0 radical (unpaired) electrons. The first-order chi connectivity index (χ1) is 11.3. The molecule has 1 fully saturated rings. The fourth-order valence-corrected chi connectivity index (χ4v) is 3.31. The first kappa shape index (κ1) is 16.7. The first-order valence-corrected chi connectivity index (χ1v) is 8.01. The van der Waals surface area contributed by atoms with Crippen LogP contribution in [0.5, 0.6) is 0 Å². The largest absolute Gasteiger partial charge is 0.444 e. The Kier molecular flexibility index (Phi) is 4.42. The Morgan fingerprint density at radius 1 is 1.29 bits per heavy atom. The number of hydrogen-bond donors (Lipinski definition) is 2. The van der Waals surface area contributed by atoms with E-state index in [1.165, 1.54) is 0 Å². The van der Waals surface area contributed by atoms with E-state index < -0.39 is 0 Å². The van der Waals surface area contributed by atoms with Gasteiger partial charge < -0.3 is 9.15 Å². The van der Waals surface area contributed by atoms with Crippen molar-refractivity contribution in [3.63, 3.8) is 0 Å². The minimum Gasteiger partial charge on any atom is -0.444 e. The number of aromatic amines is 1. The van der Waals surface area contributed by atoms with E-state index in [0.29, 0.717) is 35.3 Å². The molecule has 0 spiro atoms. The third kappa shape index (κ3) is 3.20. The number of nitrogens with one attached hydrogen (secondary N) is 2. The molecule has 2 N–H and O–H groups in total. The van der Waals surface area contributed by atoms with Crippen LogP contribution in [0.3, 0.4) is 0 Å². The van der Waals surface area contributed by atoms with Gasteiger partial charge in [-0.15, -0.1) is 0 Å². The number of carbonyl (C=O) groups excluding carboxylic acids is 1. The number of ether oxygens (including phenoxy) is 1. The van der Waals surface area contributed by atoms with Crippen molar-refractivity contribution in [1.82, 2.24) is 15.1 Å². The highest BCUT2D eigenvalue weighted by atomic mass is 16.5. The van der Waals surface area contributed by atoms with Crippen molar-refractivity contribution < 1.29 is 13.9 Å². The molecule has 1 aliphatic heterocycles. The molecular formula is C16H22N4O4. The van der Waals surface area contributed by atoms with E-state index in [1.54, 1.807) is 13.8 Å². The molecule has 1 aliphatic rings. The number of fused-ring (bicyclic) bond motifs is 1. The topological polar surface area (TPSA) is 100 Å². The fraction of sp³-hybridized carbons (Fsp3) is 0.562. The Hall–Kier alpha value is -2.19. The molecule has 1 saturated heterocycles. The molecule has 2 unspecified atom stereocenters. The van der Waals surface area contributed by atoms with Crippen molar-refractivity contribution in [2.24, 2.45) is 0 Å². The number of carbonyl (C=O) groups is 1. The molecule has 0 bridgehead atoms. The van der Waals surface area contributed by atoms with Crippen molar-refractivity contribution >= 4 is 22.6 Å². The average Bonchev–Trinajstić information content (AvgIpc) is 2.79. The second-order valence-corrected chi connectivity index (χ2v) is 6.38. The molecule has 2 aromatic rings. The zero-order chi connectivity index (χ0) is 17.4. The van der Waals surface area contributed by atoms with E-state index in [4.69, 9.17) is 9.15 Å². The summed E-state index contributed by atoms with van der Waals surface area (Å²) in [6.45, 7) is 9.11. The van der Waals surface area contributed by atoms with Crippen molar-refractivity contribution in [1.29, 1.82) is 0 Å². The lowest BCUT2D eigenvalue weighted by Gasteiger charge is -2.34. The number of morpholine rings is 1. The molecule has 1 amide bonds. The lowest BCUT2D eigenvalue weighted by atomic mass is 10.2. The summed E-state index contributed by atoms with van der Waals surface area (Å²) in [7, 11) is 0. The second-order valence-electron chi connectivity index (χ2n) is 6.38. The fourth-order valence-electron chi connectivity index (χ4n) is 3.31. The van der Waals surface area contributed by atoms with Crippen LogP contribution in [-0.2, 0) is 9.53 Å². The molecule has 8 heteroatoms. The second kappa shape index (κ2) is 6.37. The smallest absolute Gasteiger partial charge is 0.277 e. The number of nitrogens with zero attached hydrogens (tertiary/aromatic N) is 2. The minimum atomic E-state index is -0.378. The number of aryl methyl sites for hydroxylation is 2. The van der Waals surface area contributed by atoms with Crippen LogP contribution in [0.1, 0.15) is 25.3 Å². The molecule has 0 aromatic carbocycles. The van der Waals surface area contributed by atoms with Crippen LogP contribution in [0.25, 0.3) is 10.8 Å². The number of anilines is 1. The number of aromatic nitrogens is 2. The number of amides is 1. The van der Waals surface area contributed by atoms with Gasteiger partial charge in [0, 0.05) is 13.1 Å². The van der Waals surface area contributed by atoms with Crippen molar-refractivity contribution in [2.45, 2.75) is 39.9 Å². The van der Waals surface area contributed by atoms with Crippen LogP contribution in [0.15, 0.2) is 9.21 Å². The summed E-state index contributed by atoms with van der Waals surface area (Å²) in [6.07, 6.45) is 0.176. The van der Waals surface area contributed by atoms with Crippen molar-refractivity contribution in [3.8, 4) is 0 Å². The predicted molar refractivity (Wildman–Crippen MR) is 89.2 cm³/mol. The van der Waals surface area contributed by atoms with Gasteiger partial charge in [-0.25, -0.2) is 5.10 Å². The van der Waals surface area contributed by atoms with Crippen LogP contribution in [0, 0.1) is 13.8 Å². The standard InChI is InChI=1S/C16H22N4O4/c1-8-5-20(6-9(2)23-8)7-12(21)17-16-14-13(11(4)24-16)10(3)18-19-15(14)22/h8-9H,5-7H2,1-4H3,(H,17,21)(H,19,22). The maximum atomic E-state index is 12.4. The zero-order valence-electron chi connectivity index (χ0n) is 14.3. The van der Waals surface area contributed by atoms with Gasteiger partial charge in [-0.05, 0) is 27.7 Å². The number of hydrogen-bond acceptors (Lipinski definition) is 6. The van der Waals surface area contributed by atoms with Crippen LogP contribution in [0.2, 0.25) is 0 Å². The summed E-state index contributed by atoms with van der Waals surface area (Å²) in [5, 5.41) is 10.0. The van der Waals surface area contributed by atoms with Gasteiger partial charge in [-0.2, -0.15) is 5.10 Å². The third-order valence-electron chi connectivity index (χ3n) is 4.11. The zero-order valence-corrected chi connectivity index (χ0v) is 14.3. The summed E-state index contributed by atoms with van der Waals surface area (Å²) in [5.74, 6) is 0.513. The molecule has 8 nitrogen and oxygen atoms in total. The van der Waals surface area contributed by atoms with Crippen LogP contribution >= 0.6 is 0 Å². The Morgan fingerprint density at radius 2 is 1.96 bits per heavy atom. The summed E-state index contributed by atoms with van der Waals surface area (Å²) in [4.78, 5) is 26.5. The predicted octanol–water partition coefficient (Wildman–Crippen LogP) is 1.18. The monoisotopic (exact) mass is 334 g/mol. The lowest BCUT2D eigenvalue weighted by Crippen LogP contribution is -2.48. The van der Waals surface area contributed by atoms with E-state index in [9.17, 15) is 9.59 Å². The molecule has 130 valence electrons. The van der Waals surface area contributed by atoms with E-state index in [2.05, 4.69) is 15.5 Å². The molecule has 3 heterocycles. The van der Waals surface area contributed by atoms with Crippen LogP contribution in [-0.4, -0.2) is 52.8 Å². The van der Waals surface area contributed by atoms with Gasteiger partial charge >= 0.3 is 0 Å². The normalized spacial score (nSPS) is 22.0. The third-order valence-corrected chi connectivity index (χ3v) is 4.11. The Labute approximate surface area is 139 Å². The van der Waals surface area contributed by atoms with Crippen molar-refractivity contribution in [3.05, 3.63) is 21.8 Å². The van der Waals surface area contributed by atoms with E-state index >= 15 is 0 Å². The number of furan rings is 1. The molecule has 2 aromatic heterocycles. The minimum absolute atomic E-state index is 0.0878. The molecule has 3 rings (SSSR count). The highest BCUT2D eigenvalue weighted by molar-refractivity contribution is 6.01. The number of H-pyrrole nitrogens is 1. The van der Waals surface area contributed by atoms with E-state index in [0.717, 1.165) is 0 Å². The Balaban J connectivity index is 1.79. The molecular weight excluding hydrogens is 312 g/mol. The first-order valence-electron chi connectivity index (χ1n) is 8.01. The molecule has 0 aliphatic carbocycles. The van der Waals surface area contributed by atoms with Crippen LogP contribution in [0.4, 0.5) is 5.88 Å². The maximum absolute atomic E-state index is 12.4. The summed E-state index contributed by atoms with van der Waals surface area (Å²) in [6, 6.07) is 0. The highest BCUT2D eigenvalue weighted by Crippen LogP contribution is 2.28. The molecule has 24 heavy (non-hydrogen) atoms. The Morgan fingerprint density at radius 3 is 2.62 bits per heavy atom. The van der Waals surface area contributed by atoms with Gasteiger partial charge in [0.05, 0.1) is 29.8 Å². The van der Waals surface area contributed by atoms with Gasteiger partial charge in [0.25, 0.3) is 5.56 Å². The summed E-state index contributed by atoms with van der Waals surface area (Å²) >= 11 is 0.